The van der Waals surface area contributed by atoms with Gasteiger partial charge in [0, 0.05) is 23.0 Å². The van der Waals surface area contributed by atoms with E-state index in [0.29, 0.717) is 19.0 Å². The summed E-state index contributed by atoms with van der Waals surface area (Å²) < 4.78 is 27.6. The molecule has 0 unspecified atom stereocenters. The Hall–Kier alpha value is -1.43. The lowest BCUT2D eigenvalue weighted by Crippen LogP contribution is -2.37. The fraction of sp³-hybridized carbons (Fsp3) is 0.300. The lowest BCUT2D eigenvalue weighted by atomic mass is 9.91. The SMILES string of the molecule is O=S(=O)(/C=C/c1ccc(Br)cc1)N1CCC(Cc2ccccc2)CC1. The number of sulfonamides is 1. The van der Waals surface area contributed by atoms with Gasteiger partial charge in [-0.1, -0.05) is 58.4 Å². The molecule has 0 aliphatic carbocycles. The normalized spacial score (nSPS) is 17.2. The topological polar surface area (TPSA) is 37.4 Å². The standard InChI is InChI=1S/C20H22BrNO2S/c21-20-8-6-17(7-9-20)12-15-25(23,24)22-13-10-19(11-14-22)16-18-4-2-1-3-5-18/h1-9,12,15,19H,10-11,13-14,16H2/b15-12+. The van der Waals surface area contributed by atoms with Crippen LogP contribution in [0.2, 0.25) is 0 Å². The highest BCUT2D eigenvalue weighted by atomic mass is 79.9. The molecule has 1 saturated heterocycles. The number of hydrogen-bond acceptors (Lipinski definition) is 2. The van der Waals surface area contributed by atoms with Crippen molar-refractivity contribution in [1.29, 1.82) is 0 Å². The summed E-state index contributed by atoms with van der Waals surface area (Å²) in [4.78, 5) is 0. The summed E-state index contributed by atoms with van der Waals surface area (Å²) in [6, 6.07) is 18.0. The Balaban J connectivity index is 1.56. The number of halogens is 1. The maximum atomic E-state index is 12.5. The van der Waals surface area contributed by atoms with E-state index in [0.717, 1.165) is 29.3 Å². The van der Waals surface area contributed by atoms with Gasteiger partial charge in [-0.05, 0) is 54.5 Å². The average Bonchev–Trinajstić information content (AvgIpc) is 2.63. The molecule has 1 fully saturated rings. The predicted molar refractivity (Wildman–Crippen MR) is 107 cm³/mol. The molecule has 0 saturated carbocycles. The van der Waals surface area contributed by atoms with Crippen molar-refractivity contribution < 1.29 is 8.42 Å². The summed E-state index contributed by atoms with van der Waals surface area (Å²) in [5, 5.41) is 1.33. The zero-order chi connectivity index (χ0) is 17.7. The molecule has 5 heteroatoms. The first kappa shape index (κ1) is 18.4. The molecule has 0 atom stereocenters. The fourth-order valence-electron chi connectivity index (χ4n) is 3.14. The molecule has 1 aliphatic rings. The highest BCUT2D eigenvalue weighted by Crippen LogP contribution is 2.24. The fourth-order valence-corrected chi connectivity index (χ4v) is 4.63. The molecule has 0 amide bonds. The minimum absolute atomic E-state index is 0.560. The summed E-state index contributed by atoms with van der Waals surface area (Å²) in [7, 11) is -3.35. The molecular weight excluding hydrogens is 398 g/mol. The maximum absolute atomic E-state index is 12.5. The number of benzene rings is 2. The van der Waals surface area contributed by atoms with Crippen LogP contribution < -0.4 is 0 Å². The van der Waals surface area contributed by atoms with E-state index in [9.17, 15) is 8.42 Å². The molecular formula is C20H22BrNO2S. The molecule has 0 radical (unpaired) electrons. The maximum Gasteiger partial charge on any atom is 0.236 e. The zero-order valence-corrected chi connectivity index (χ0v) is 16.4. The summed E-state index contributed by atoms with van der Waals surface area (Å²) in [6.45, 7) is 1.20. The van der Waals surface area contributed by atoms with Gasteiger partial charge in [-0.25, -0.2) is 8.42 Å². The Bertz CT molecular complexity index is 809. The van der Waals surface area contributed by atoms with Crippen molar-refractivity contribution in [2.45, 2.75) is 19.3 Å². The minimum Gasteiger partial charge on any atom is -0.208 e. The summed E-state index contributed by atoms with van der Waals surface area (Å²) in [5.74, 6) is 0.560. The van der Waals surface area contributed by atoms with Crippen LogP contribution in [-0.4, -0.2) is 25.8 Å². The summed E-state index contributed by atoms with van der Waals surface area (Å²) >= 11 is 3.38. The van der Waals surface area contributed by atoms with Crippen molar-refractivity contribution in [2.24, 2.45) is 5.92 Å². The minimum atomic E-state index is -3.35. The molecule has 25 heavy (non-hydrogen) atoms. The molecule has 2 aromatic carbocycles. The van der Waals surface area contributed by atoms with Gasteiger partial charge in [0.15, 0.2) is 0 Å². The second-order valence-corrected chi connectivity index (χ2v) is 9.17. The Kier molecular flexibility index (Phi) is 6.10. The molecule has 0 bridgehead atoms. The van der Waals surface area contributed by atoms with Crippen LogP contribution in [0.1, 0.15) is 24.0 Å². The Labute approximate surface area is 158 Å². The van der Waals surface area contributed by atoms with E-state index in [1.54, 1.807) is 10.4 Å². The van der Waals surface area contributed by atoms with Crippen molar-refractivity contribution >= 4 is 32.0 Å². The van der Waals surface area contributed by atoms with Gasteiger partial charge < -0.3 is 0 Å². The highest BCUT2D eigenvalue weighted by molar-refractivity contribution is 9.10. The Morgan fingerprint density at radius 1 is 1.00 bits per heavy atom. The molecule has 132 valence electrons. The van der Waals surface area contributed by atoms with Gasteiger partial charge in [-0.3, -0.25) is 0 Å². The summed E-state index contributed by atoms with van der Waals surface area (Å²) in [6.07, 6.45) is 4.53. The van der Waals surface area contributed by atoms with Crippen molar-refractivity contribution in [2.75, 3.05) is 13.1 Å². The first-order chi connectivity index (χ1) is 12.0. The van der Waals surface area contributed by atoms with Crippen LogP contribution in [0.4, 0.5) is 0 Å². The van der Waals surface area contributed by atoms with E-state index >= 15 is 0 Å². The van der Waals surface area contributed by atoms with Crippen LogP contribution in [-0.2, 0) is 16.4 Å². The third kappa shape index (κ3) is 5.27. The van der Waals surface area contributed by atoms with Crippen molar-refractivity contribution in [3.8, 4) is 0 Å². The van der Waals surface area contributed by atoms with E-state index in [1.807, 2.05) is 30.3 Å². The highest BCUT2D eigenvalue weighted by Gasteiger charge is 2.26. The Morgan fingerprint density at radius 2 is 1.64 bits per heavy atom. The third-order valence-corrected chi connectivity index (χ3v) is 6.70. The van der Waals surface area contributed by atoms with Gasteiger partial charge in [0.1, 0.15) is 0 Å². The van der Waals surface area contributed by atoms with E-state index in [4.69, 9.17) is 0 Å². The van der Waals surface area contributed by atoms with Crippen molar-refractivity contribution in [3.63, 3.8) is 0 Å². The molecule has 1 aliphatic heterocycles. The van der Waals surface area contributed by atoms with E-state index in [2.05, 4.69) is 40.2 Å². The molecule has 0 spiro atoms. The molecule has 3 nitrogen and oxygen atoms in total. The van der Waals surface area contributed by atoms with Crippen LogP contribution in [0.3, 0.4) is 0 Å². The van der Waals surface area contributed by atoms with Gasteiger partial charge in [0.2, 0.25) is 10.0 Å². The van der Waals surface area contributed by atoms with Crippen LogP contribution in [0.15, 0.2) is 64.5 Å². The van der Waals surface area contributed by atoms with Crippen molar-refractivity contribution in [3.05, 3.63) is 75.6 Å². The third-order valence-electron chi connectivity index (χ3n) is 4.60. The van der Waals surface area contributed by atoms with Crippen molar-refractivity contribution in [1.82, 2.24) is 4.31 Å². The van der Waals surface area contributed by atoms with Crippen LogP contribution >= 0.6 is 15.9 Å². The predicted octanol–water partition coefficient (Wildman–Crippen LogP) is 4.70. The molecule has 0 aromatic heterocycles. The zero-order valence-electron chi connectivity index (χ0n) is 14.0. The molecule has 1 heterocycles. The lowest BCUT2D eigenvalue weighted by Gasteiger charge is -2.30. The lowest BCUT2D eigenvalue weighted by molar-refractivity contribution is 0.275. The van der Waals surface area contributed by atoms with Crippen LogP contribution in [0.5, 0.6) is 0 Å². The average molecular weight is 420 g/mol. The van der Waals surface area contributed by atoms with Gasteiger partial charge in [-0.2, -0.15) is 4.31 Å². The van der Waals surface area contributed by atoms with Crippen LogP contribution in [0.25, 0.3) is 6.08 Å². The van der Waals surface area contributed by atoms with Crippen LogP contribution in [0, 0.1) is 5.92 Å². The number of hydrogen-bond donors (Lipinski definition) is 0. The smallest absolute Gasteiger partial charge is 0.208 e. The van der Waals surface area contributed by atoms with Gasteiger partial charge in [-0.15, -0.1) is 0 Å². The largest absolute Gasteiger partial charge is 0.236 e. The van der Waals surface area contributed by atoms with Gasteiger partial charge >= 0.3 is 0 Å². The van der Waals surface area contributed by atoms with E-state index in [-0.39, 0.29) is 0 Å². The summed E-state index contributed by atoms with van der Waals surface area (Å²) in [5.41, 5.74) is 2.21. The monoisotopic (exact) mass is 419 g/mol. The molecule has 3 rings (SSSR count). The molecule has 2 aromatic rings. The number of nitrogens with zero attached hydrogens (tertiary/aromatic N) is 1. The molecule has 0 N–H and O–H groups in total. The van der Waals surface area contributed by atoms with Gasteiger partial charge in [0.25, 0.3) is 0 Å². The number of piperidine rings is 1. The second-order valence-electron chi connectivity index (χ2n) is 6.43. The first-order valence-corrected chi connectivity index (χ1v) is 10.8. The van der Waals surface area contributed by atoms with Gasteiger partial charge in [0.05, 0.1) is 0 Å². The quantitative estimate of drug-likeness (QED) is 0.703. The number of rotatable bonds is 5. The second kappa shape index (κ2) is 8.30. The first-order valence-electron chi connectivity index (χ1n) is 8.51. The van der Waals surface area contributed by atoms with E-state index in [1.165, 1.54) is 11.0 Å². The Morgan fingerprint density at radius 3 is 2.28 bits per heavy atom. The van der Waals surface area contributed by atoms with E-state index < -0.39 is 10.0 Å².